The van der Waals surface area contributed by atoms with Gasteiger partial charge in [0, 0.05) is 37.7 Å². The van der Waals surface area contributed by atoms with Gasteiger partial charge in [-0.1, -0.05) is 0 Å². The van der Waals surface area contributed by atoms with Gasteiger partial charge in [-0.3, -0.25) is 4.79 Å². The molecule has 2 aliphatic heterocycles. The number of carbonyl (C=O) groups is 1. The average molecular weight is 346 g/mol. The van der Waals surface area contributed by atoms with Crippen molar-refractivity contribution in [1.82, 2.24) is 10.2 Å². The summed E-state index contributed by atoms with van der Waals surface area (Å²) in [6.45, 7) is 3.76. The Balaban J connectivity index is 1.34. The number of hydrogen-bond acceptors (Lipinski definition) is 4. The quantitative estimate of drug-likeness (QED) is 0.925. The van der Waals surface area contributed by atoms with E-state index in [-0.39, 0.29) is 17.5 Å². The van der Waals surface area contributed by atoms with Crippen LogP contribution in [0.2, 0.25) is 0 Å². The van der Waals surface area contributed by atoms with Crippen LogP contribution in [-0.2, 0) is 4.74 Å². The average Bonchev–Trinajstić information content (AvgIpc) is 3.27. The second kappa shape index (κ2) is 7.14. The molecule has 1 aromatic heterocycles. The van der Waals surface area contributed by atoms with Crippen molar-refractivity contribution in [2.75, 3.05) is 26.2 Å². The molecule has 2 saturated heterocycles. The second-order valence-corrected chi connectivity index (χ2v) is 6.98. The van der Waals surface area contributed by atoms with E-state index in [1.54, 1.807) is 6.07 Å². The van der Waals surface area contributed by atoms with Crippen molar-refractivity contribution in [3.63, 3.8) is 0 Å². The topological polar surface area (TPSA) is 54.7 Å². The molecule has 1 atom stereocenters. The maximum atomic E-state index is 13.7. The molecule has 3 heterocycles. The zero-order valence-corrected chi connectivity index (χ0v) is 14.2. The van der Waals surface area contributed by atoms with Gasteiger partial charge in [-0.25, -0.2) is 4.39 Å². The highest BCUT2D eigenvalue weighted by atomic mass is 19.1. The molecule has 1 N–H and O–H groups in total. The fourth-order valence-corrected chi connectivity index (χ4v) is 3.81. The highest BCUT2D eigenvalue weighted by Crippen LogP contribution is 2.23. The van der Waals surface area contributed by atoms with E-state index in [4.69, 9.17) is 9.15 Å². The van der Waals surface area contributed by atoms with Crippen molar-refractivity contribution >= 4 is 16.9 Å². The lowest BCUT2D eigenvalue weighted by Crippen LogP contribution is -2.46. The number of piperidine rings is 1. The molecule has 0 spiro atoms. The van der Waals surface area contributed by atoms with Gasteiger partial charge in [-0.2, -0.15) is 0 Å². The predicted molar refractivity (Wildman–Crippen MR) is 92.1 cm³/mol. The van der Waals surface area contributed by atoms with Gasteiger partial charge in [0.05, 0.1) is 17.9 Å². The first-order valence-corrected chi connectivity index (χ1v) is 9.00. The van der Waals surface area contributed by atoms with Gasteiger partial charge in [0.25, 0.3) is 5.91 Å². The number of ether oxygens (including phenoxy) is 1. The van der Waals surface area contributed by atoms with E-state index in [1.165, 1.54) is 18.4 Å². The van der Waals surface area contributed by atoms with E-state index in [2.05, 4.69) is 10.2 Å². The van der Waals surface area contributed by atoms with Crippen LogP contribution < -0.4 is 5.32 Å². The van der Waals surface area contributed by atoms with Crippen molar-refractivity contribution in [1.29, 1.82) is 0 Å². The standard InChI is InChI=1S/C19H23FN2O3/c20-14-10-13-5-9-25-18(13)17(11-14)19(23)21-15-3-6-22(7-4-15)12-16-2-1-8-24-16/h5,9-11,15-16H,1-4,6-8,12H2,(H,21,23). The molecule has 1 aromatic carbocycles. The number of rotatable bonds is 4. The van der Waals surface area contributed by atoms with Crippen LogP contribution in [0.1, 0.15) is 36.0 Å². The normalized spacial score (nSPS) is 22.5. The molecule has 2 aromatic rings. The van der Waals surface area contributed by atoms with E-state index in [1.807, 2.05) is 0 Å². The maximum absolute atomic E-state index is 13.7. The minimum absolute atomic E-state index is 0.113. The Morgan fingerprint density at radius 3 is 2.88 bits per heavy atom. The van der Waals surface area contributed by atoms with E-state index in [0.29, 0.717) is 17.1 Å². The molecule has 0 saturated carbocycles. The van der Waals surface area contributed by atoms with Crippen molar-refractivity contribution < 1.29 is 18.3 Å². The summed E-state index contributed by atoms with van der Waals surface area (Å²) >= 11 is 0. The number of nitrogens with zero attached hydrogens (tertiary/aromatic N) is 1. The molecular formula is C19H23FN2O3. The molecule has 6 heteroatoms. The van der Waals surface area contributed by atoms with Crippen molar-refractivity contribution in [2.24, 2.45) is 0 Å². The lowest BCUT2D eigenvalue weighted by Gasteiger charge is -2.33. The fraction of sp³-hybridized carbons (Fsp3) is 0.526. The SMILES string of the molecule is O=C(NC1CCN(CC2CCCO2)CC1)c1cc(F)cc2ccoc12. The van der Waals surface area contributed by atoms with E-state index in [0.717, 1.165) is 51.9 Å². The van der Waals surface area contributed by atoms with Crippen LogP contribution >= 0.6 is 0 Å². The Bertz CT molecular complexity index is 746. The van der Waals surface area contributed by atoms with Crippen LogP contribution in [0.25, 0.3) is 11.0 Å². The van der Waals surface area contributed by atoms with Gasteiger partial charge >= 0.3 is 0 Å². The molecular weight excluding hydrogens is 323 g/mol. The largest absolute Gasteiger partial charge is 0.464 e. The lowest BCUT2D eigenvalue weighted by molar-refractivity contribution is 0.0613. The summed E-state index contributed by atoms with van der Waals surface area (Å²) in [4.78, 5) is 15.0. The second-order valence-electron chi connectivity index (χ2n) is 6.98. The first-order valence-electron chi connectivity index (χ1n) is 9.00. The molecule has 2 fully saturated rings. The Morgan fingerprint density at radius 1 is 1.28 bits per heavy atom. The number of furan rings is 1. The Morgan fingerprint density at radius 2 is 2.12 bits per heavy atom. The smallest absolute Gasteiger partial charge is 0.255 e. The molecule has 1 amide bonds. The lowest BCUT2D eigenvalue weighted by atomic mass is 10.0. The summed E-state index contributed by atoms with van der Waals surface area (Å²) in [5, 5.41) is 3.64. The third-order valence-corrected chi connectivity index (χ3v) is 5.17. The van der Waals surface area contributed by atoms with E-state index in [9.17, 15) is 9.18 Å². The van der Waals surface area contributed by atoms with E-state index >= 15 is 0 Å². The van der Waals surface area contributed by atoms with Gasteiger partial charge < -0.3 is 19.4 Å². The van der Waals surface area contributed by atoms with Crippen molar-refractivity contribution in [3.05, 3.63) is 35.8 Å². The number of fused-ring (bicyclic) bond motifs is 1. The number of halogens is 1. The Hall–Kier alpha value is -1.92. The maximum Gasteiger partial charge on any atom is 0.255 e. The minimum Gasteiger partial charge on any atom is -0.464 e. The third-order valence-electron chi connectivity index (χ3n) is 5.17. The van der Waals surface area contributed by atoms with Gasteiger partial charge in [0.15, 0.2) is 0 Å². The van der Waals surface area contributed by atoms with Gasteiger partial charge in [-0.15, -0.1) is 0 Å². The van der Waals surface area contributed by atoms with Gasteiger partial charge in [0.1, 0.15) is 11.4 Å². The molecule has 2 aliphatic rings. The molecule has 0 aliphatic carbocycles. The van der Waals surface area contributed by atoms with Crippen LogP contribution in [0, 0.1) is 5.82 Å². The summed E-state index contributed by atoms with van der Waals surface area (Å²) in [6, 6.07) is 4.40. The first kappa shape index (κ1) is 16.5. The summed E-state index contributed by atoms with van der Waals surface area (Å²) in [7, 11) is 0. The molecule has 4 rings (SSSR count). The Labute approximate surface area is 146 Å². The first-order chi connectivity index (χ1) is 12.2. The molecule has 0 bridgehead atoms. The van der Waals surface area contributed by atoms with Crippen molar-refractivity contribution in [2.45, 2.75) is 37.8 Å². The molecule has 0 radical (unpaired) electrons. The number of hydrogen-bond donors (Lipinski definition) is 1. The third kappa shape index (κ3) is 3.70. The van der Waals surface area contributed by atoms with Crippen LogP contribution in [-0.4, -0.2) is 49.2 Å². The van der Waals surface area contributed by atoms with Crippen LogP contribution in [0.3, 0.4) is 0 Å². The van der Waals surface area contributed by atoms with Crippen molar-refractivity contribution in [3.8, 4) is 0 Å². The summed E-state index contributed by atoms with van der Waals surface area (Å²) in [6.07, 6.45) is 5.95. The van der Waals surface area contributed by atoms with Crippen LogP contribution in [0.4, 0.5) is 4.39 Å². The highest BCUT2D eigenvalue weighted by Gasteiger charge is 2.25. The molecule has 1 unspecified atom stereocenters. The van der Waals surface area contributed by atoms with Gasteiger partial charge in [0.2, 0.25) is 0 Å². The predicted octanol–water partition coefficient (Wildman–Crippen LogP) is 2.95. The summed E-state index contributed by atoms with van der Waals surface area (Å²) in [5.74, 6) is -0.692. The summed E-state index contributed by atoms with van der Waals surface area (Å²) in [5.41, 5.74) is 0.705. The van der Waals surface area contributed by atoms with Crippen LogP contribution in [0.5, 0.6) is 0 Å². The molecule has 25 heavy (non-hydrogen) atoms. The number of likely N-dealkylation sites (tertiary alicyclic amines) is 1. The number of benzene rings is 1. The number of carbonyl (C=O) groups excluding carboxylic acids is 1. The number of nitrogens with one attached hydrogen (secondary N) is 1. The fourth-order valence-electron chi connectivity index (χ4n) is 3.81. The van der Waals surface area contributed by atoms with Gasteiger partial charge in [-0.05, 0) is 43.9 Å². The Kier molecular flexibility index (Phi) is 4.72. The zero-order valence-electron chi connectivity index (χ0n) is 14.2. The molecule has 5 nitrogen and oxygen atoms in total. The zero-order chi connectivity index (χ0) is 17.2. The monoisotopic (exact) mass is 346 g/mol. The summed E-state index contributed by atoms with van der Waals surface area (Å²) < 4.78 is 24.8. The molecule has 134 valence electrons. The van der Waals surface area contributed by atoms with E-state index < -0.39 is 5.82 Å². The minimum atomic E-state index is -0.426. The number of amides is 1. The highest BCUT2D eigenvalue weighted by molar-refractivity contribution is 6.05. The van der Waals surface area contributed by atoms with Crippen LogP contribution in [0.15, 0.2) is 28.9 Å².